The van der Waals surface area contributed by atoms with E-state index in [4.69, 9.17) is 9.15 Å². The largest absolute Gasteiger partial charge is 0.461 e. The second-order valence-corrected chi connectivity index (χ2v) is 6.74. The van der Waals surface area contributed by atoms with Crippen LogP contribution in [-0.4, -0.2) is 23.4 Å². The van der Waals surface area contributed by atoms with Gasteiger partial charge in [0.25, 0.3) is 5.91 Å². The molecular weight excluding hydrogens is 387 g/mol. The lowest BCUT2D eigenvalue weighted by Crippen LogP contribution is -2.26. The molecule has 3 rings (SSSR count). The zero-order chi connectivity index (χ0) is 21.5. The molecule has 1 aromatic heterocycles. The summed E-state index contributed by atoms with van der Waals surface area (Å²) in [5, 5.41) is 2.62. The highest BCUT2D eigenvalue weighted by atomic mass is 19.1. The van der Waals surface area contributed by atoms with Gasteiger partial charge in [-0.15, -0.1) is 0 Å². The first-order valence-corrected chi connectivity index (χ1v) is 9.71. The highest BCUT2D eigenvalue weighted by Gasteiger charge is 2.16. The minimum absolute atomic E-state index is 0.0171. The smallest absolute Gasteiger partial charge is 0.307 e. The van der Waals surface area contributed by atoms with E-state index in [-0.39, 0.29) is 25.1 Å². The topological polar surface area (TPSA) is 81.4 Å². The lowest BCUT2D eigenvalue weighted by molar-refractivity contribution is -0.144. The molecule has 0 aliphatic carbocycles. The number of aryl methyl sites for hydroxylation is 2. The molecule has 2 aromatic carbocycles. The number of ether oxygens (including phenoxy) is 1. The number of hydrogen-bond acceptors (Lipinski definition) is 5. The number of aromatic nitrogens is 1. The van der Waals surface area contributed by atoms with Crippen molar-refractivity contribution in [1.82, 2.24) is 10.3 Å². The number of nitrogens with one attached hydrogen (secondary N) is 1. The summed E-state index contributed by atoms with van der Waals surface area (Å²) < 4.78 is 24.8. The van der Waals surface area contributed by atoms with Crippen LogP contribution in [0, 0.1) is 12.7 Å². The third kappa shape index (κ3) is 5.53. The maximum Gasteiger partial charge on any atom is 0.307 e. The van der Waals surface area contributed by atoms with E-state index < -0.39 is 17.7 Å². The fourth-order valence-corrected chi connectivity index (χ4v) is 2.98. The molecule has 0 saturated heterocycles. The van der Waals surface area contributed by atoms with E-state index in [1.54, 1.807) is 13.0 Å². The normalized spacial score (nSPS) is 10.6. The van der Waals surface area contributed by atoms with E-state index >= 15 is 0 Å². The van der Waals surface area contributed by atoms with Gasteiger partial charge < -0.3 is 14.5 Å². The van der Waals surface area contributed by atoms with Crippen molar-refractivity contribution in [3.63, 3.8) is 0 Å². The molecule has 0 saturated carbocycles. The van der Waals surface area contributed by atoms with Gasteiger partial charge in [0.1, 0.15) is 23.9 Å². The lowest BCUT2D eigenvalue weighted by atomic mass is 10.1. The summed E-state index contributed by atoms with van der Waals surface area (Å²) in [6.45, 7) is 3.89. The predicted molar refractivity (Wildman–Crippen MR) is 109 cm³/mol. The number of hydrogen-bond donors (Lipinski definition) is 1. The molecule has 0 atom stereocenters. The summed E-state index contributed by atoms with van der Waals surface area (Å²) in [6, 6.07) is 13.3. The molecule has 0 unspecified atom stereocenters. The number of oxazole rings is 1. The number of halogens is 1. The van der Waals surface area contributed by atoms with Gasteiger partial charge in [0.15, 0.2) is 5.89 Å². The second kappa shape index (κ2) is 9.82. The molecule has 1 N–H and O–H groups in total. The van der Waals surface area contributed by atoms with Gasteiger partial charge in [-0.3, -0.25) is 9.59 Å². The van der Waals surface area contributed by atoms with Crippen LogP contribution in [0.3, 0.4) is 0 Å². The van der Waals surface area contributed by atoms with Crippen LogP contribution in [0.1, 0.15) is 40.9 Å². The number of carbonyl (C=O) groups excluding carboxylic acids is 2. The monoisotopic (exact) mass is 410 g/mol. The number of carbonyl (C=O) groups is 2. The Bertz CT molecular complexity index is 1030. The molecule has 0 spiro atoms. The Morgan fingerprint density at radius 2 is 1.93 bits per heavy atom. The molecular formula is C23H23FN2O4. The standard InChI is InChI=1S/C23H23FN2O4/c1-3-20-22(26-15(2)30-20)17-11-18(13-19(24)12-17)23(28)25-10-9-21(27)29-14-16-7-5-4-6-8-16/h4-8,11-13H,3,9-10,14H2,1-2H3,(H,25,28). The molecule has 0 fully saturated rings. The van der Waals surface area contributed by atoms with E-state index in [0.717, 1.165) is 11.6 Å². The molecule has 6 nitrogen and oxygen atoms in total. The molecule has 1 heterocycles. The lowest BCUT2D eigenvalue weighted by Gasteiger charge is -2.08. The SMILES string of the molecule is CCc1oc(C)nc1-c1cc(F)cc(C(=O)NCCC(=O)OCc2ccccc2)c1. The average molecular weight is 410 g/mol. The minimum atomic E-state index is -0.553. The van der Waals surface area contributed by atoms with Crippen LogP contribution in [0.5, 0.6) is 0 Å². The van der Waals surface area contributed by atoms with Crippen molar-refractivity contribution in [3.8, 4) is 11.3 Å². The molecule has 7 heteroatoms. The molecule has 0 aliphatic heterocycles. The molecule has 1 amide bonds. The van der Waals surface area contributed by atoms with Gasteiger partial charge in [0.2, 0.25) is 0 Å². The minimum Gasteiger partial charge on any atom is -0.461 e. The molecule has 3 aromatic rings. The van der Waals surface area contributed by atoms with E-state index in [1.165, 1.54) is 6.07 Å². The highest BCUT2D eigenvalue weighted by Crippen LogP contribution is 2.26. The number of benzene rings is 2. The number of amides is 1. The van der Waals surface area contributed by atoms with Gasteiger partial charge in [-0.2, -0.15) is 0 Å². The Kier molecular flexibility index (Phi) is 6.95. The Morgan fingerprint density at radius 3 is 2.67 bits per heavy atom. The van der Waals surface area contributed by atoms with Crippen molar-refractivity contribution in [2.45, 2.75) is 33.3 Å². The Hall–Kier alpha value is -3.48. The highest BCUT2D eigenvalue weighted by molar-refractivity contribution is 5.95. The number of nitrogens with zero attached hydrogens (tertiary/aromatic N) is 1. The van der Waals surface area contributed by atoms with Crippen molar-refractivity contribution in [3.05, 3.63) is 77.1 Å². The number of rotatable bonds is 8. The summed E-state index contributed by atoms with van der Waals surface area (Å²) in [7, 11) is 0. The summed E-state index contributed by atoms with van der Waals surface area (Å²) in [5.41, 5.74) is 2.02. The first-order chi connectivity index (χ1) is 14.5. The van der Waals surface area contributed by atoms with Crippen LogP contribution < -0.4 is 5.32 Å². The zero-order valence-electron chi connectivity index (χ0n) is 16.9. The second-order valence-electron chi connectivity index (χ2n) is 6.74. The summed E-state index contributed by atoms with van der Waals surface area (Å²) in [4.78, 5) is 28.6. The van der Waals surface area contributed by atoms with Crippen molar-refractivity contribution >= 4 is 11.9 Å². The van der Waals surface area contributed by atoms with Gasteiger partial charge in [-0.25, -0.2) is 9.37 Å². The fraction of sp³-hybridized carbons (Fsp3) is 0.261. The van der Waals surface area contributed by atoms with Crippen LogP contribution in [0.15, 0.2) is 52.9 Å². The molecule has 156 valence electrons. The molecule has 0 radical (unpaired) electrons. The van der Waals surface area contributed by atoms with E-state index in [9.17, 15) is 14.0 Å². The fourth-order valence-electron chi connectivity index (χ4n) is 2.98. The Balaban J connectivity index is 1.57. The average Bonchev–Trinajstić information content (AvgIpc) is 3.13. The maximum atomic E-state index is 14.1. The quantitative estimate of drug-likeness (QED) is 0.563. The molecule has 0 bridgehead atoms. The molecule has 0 aliphatic rings. The Morgan fingerprint density at radius 1 is 1.17 bits per heavy atom. The van der Waals surface area contributed by atoms with Crippen molar-refractivity contribution < 1.29 is 23.1 Å². The zero-order valence-corrected chi connectivity index (χ0v) is 16.9. The van der Waals surface area contributed by atoms with Crippen LogP contribution in [0.4, 0.5) is 4.39 Å². The summed E-state index contributed by atoms with van der Waals surface area (Å²) in [6.07, 6.45) is 0.614. The summed E-state index contributed by atoms with van der Waals surface area (Å²) in [5.74, 6) is -0.353. The van der Waals surface area contributed by atoms with E-state index in [2.05, 4.69) is 10.3 Å². The van der Waals surface area contributed by atoms with Gasteiger partial charge in [0, 0.05) is 31.0 Å². The number of esters is 1. The van der Waals surface area contributed by atoms with Crippen LogP contribution in [-0.2, 0) is 22.6 Å². The maximum absolute atomic E-state index is 14.1. The third-order valence-electron chi connectivity index (χ3n) is 4.42. The van der Waals surface area contributed by atoms with Crippen molar-refractivity contribution in [2.75, 3.05) is 6.54 Å². The van der Waals surface area contributed by atoms with E-state index in [1.807, 2.05) is 37.3 Å². The van der Waals surface area contributed by atoms with Gasteiger partial charge in [-0.1, -0.05) is 37.3 Å². The Labute approximate surface area is 174 Å². The third-order valence-corrected chi connectivity index (χ3v) is 4.42. The summed E-state index contributed by atoms with van der Waals surface area (Å²) >= 11 is 0. The first kappa shape index (κ1) is 21.2. The van der Waals surface area contributed by atoms with Gasteiger partial charge >= 0.3 is 5.97 Å². The van der Waals surface area contributed by atoms with Crippen LogP contribution >= 0.6 is 0 Å². The van der Waals surface area contributed by atoms with Gasteiger partial charge in [0.05, 0.1) is 6.42 Å². The van der Waals surface area contributed by atoms with Crippen molar-refractivity contribution in [2.24, 2.45) is 0 Å². The van der Waals surface area contributed by atoms with Crippen LogP contribution in [0.2, 0.25) is 0 Å². The predicted octanol–water partition coefficient (Wildman–Crippen LogP) is 4.21. The van der Waals surface area contributed by atoms with E-state index in [0.29, 0.717) is 29.3 Å². The first-order valence-electron chi connectivity index (χ1n) is 9.71. The molecule has 30 heavy (non-hydrogen) atoms. The van der Waals surface area contributed by atoms with Crippen LogP contribution in [0.25, 0.3) is 11.3 Å². The van der Waals surface area contributed by atoms with Gasteiger partial charge in [-0.05, 0) is 23.8 Å². The van der Waals surface area contributed by atoms with Crippen molar-refractivity contribution in [1.29, 1.82) is 0 Å².